The standard InChI is InChI=1S/C9H11IN2O/c1-6(2)9(13)12-8-4-3-7(10)5-11-8/h3-6H,1-2H3,(H,11,12,13). The van der Waals surface area contributed by atoms with Crippen LogP contribution in [0.4, 0.5) is 5.82 Å². The van der Waals surface area contributed by atoms with Gasteiger partial charge in [-0.15, -0.1) is 0 Å². The molecule has 0 saturated carbocycles. The first-order valence-electron chi connectivity index (χ1n) is 4.02. The third-order valence-electron chi connectivity index (χ3n) is 1.50. The molecule has 1 aromatic heterocycles. The van der Waals surface area contributed by atoms with Crippen molar-refractivity contribution in [1.29, 1.82) is 0 Å². The van der Waals surface area contributed by atoms with Crippen molar-refractivity contribution < 1.29 is 4.79 Å². The van der Waals surface area contributed by atoms with Gasteiger partial charge in [-0.05, 0) is 34.7 Å². The zero-order chi connectivity index (χ0) is 9.84. The minimum atomic E-state index is -0.0129. The number of carbonyl (C=O) groups excluding carboxylic acids is 1. The van der Waals surface area contributed by atoms with Crippen LogP contribution in [0.25, 0.3) is 0 Å². The van der Waals surface area contributed by atoms with E-state index in [1.807, 2.05) is 19.9 Å². The van der Waals surface area contributed by atoms with E-state index in [1.54, 1.807) is 12.3 Å². The van der Waals surface area contributed by atoms with Gasteiger partial charge in [0.05, 0.1) is 0 Å². The highest BCUT2D eigenvalue weighted by Crippen LogP contribution is 2.08. The zero-order valence-corrected chi connectivity index (χ0v) is 9.70. The van der Waals surface area contributed by atoms with E-state index in [0.29, 0.717) is 5.82 Å². The smallest absolute Gasteiger partial charge is 0.228 e. The van der Waals surface area contributed by atoms with Crippen LogP contribution in [-0.2, 0) is 4.79 Å². The van der Waals surface area contributed by atoms with Crippen LogP contribution < -0.4 is 5.32 Å². The molecule has 0 aliphatic rings. The van der Waals surface area contributed by atoms with Crippen LogP contribution in [0.15, 0.2) is 18.3 Å². The third kappa shape index (κ3) is 3.30. The van der Waals surface area contributed by atoms with Gasteiger partial charge in [-0.3, -0.25) is 4.79 Å². The Balaban J connectivity index is 2.65. The van der Waals surface area contributed by atoms with E-state index in [9.17, 15) is 4.79 Å². The van der Waals surface area contributed by atoms with Gasteiger partial charge in [-0.1, -0.05) is 13.8 Å². The second-order valence-corrected chi connectivity index (χ2v) is 4.25. The molecule has 0 aromatic carbocycles. The van der Waals surface area contributed by atoms with Crippen LogP contribution in [0.5, 0.6) is 0 Å². The fraction of sp³-hybridized carbons (Fsp3) is 0.333. The summed E-state index contributed by atoms with van der Waals surface area (Å²) in [5, 5.41) is 2.72. The van der Waals surface area contributed by atoms with E-state index >= 15 is 0 Å². The summed E-state index contributed by atoms with van der Waals surface area (Å²) >= 11 is 2.17. The highest BCUT2D eigenvalue weighted by Gasteiger charge is 2.06. The summed E-state index contributed by atoms with van der Waals surface area (Å²) in [6, 6.07) is 3.70. The molecule has 0 radical (unpaired) electrons. The Bertz CT molecular complexity index is 295. The number of nitrogens with zero attached hydrogens (tertiary/aromatic N) is 1. The number of aromatic nitrogens is 1. The molecule has 0 bridgehead atoms. The van der Waals surface area contributed by atoms with Gasteiger partial charge in [0.25, 0.3) is 0 Å². The molecule has 1 amide bonds. The van der Waals surface area contributed by atoms with Gasteiger partial charge >= 0.3 is 0 Å². The number of anilines is 1. The summed E-state index contributed by atoms with van der Waals surface area (Å²) in [7, 11) is 0. The molecule has 0 aliphatic carbocycles. The first kappa shape index (κ1) is 10.4. The monoisotopic (exact) mass is 290 g/mol. The van der Waals surface area contributed by atoms with Crippen LogP contribution in [-0.4, -0.2) is 10.9 Å². The Morgan fingerprint density at radius 3 is 2.69 bits per heavy atom. The molecule has 3 nitrogen and oxygen atoms in total. The van der Waals surface area contributed by atoms with Crippen molar-refractivity contribution in [3.8, 4) is 0 Å². The highest BCUT2D eigenvalue weighted by atomic mass is 127. The molecule has 0 spiro atoms. The van der Waals surface area contributed by atoms with Gasteiger partial charge in [0.2, 0.25) is 5.91 Å². The second kappa shape index (κ2) is 4.55. The molecular weight excluding hydrogens is 279 g/mol. The predicted octanol–water partition coefficient (Wildman–Crippen LogP) is 2.28. The SMILES string of the molecule is CC(C)C(=O)Nc1ccc(I)cn1. The van der Waals surface area contributed by atoms with E-state index in [2.05, 4.69) is 32.9 Å². The maximum Gasteiger partial charge on any atom is 0.228 e. The first-order chi connectivity index (χ1) is 6.09. The molecule has 0 saturated heterocycles. The summed E-state index contributed by atoms with van der Waals surface area (Å²) in [5.74, 6) is 0.592. The molecule has 1 aromatic rings. The number of carbonyl (C=O) groups is 1. The van der Waals surface area contributed by atoms with Crippen LogP contribution in [0.3, 0.4) is 0 Å². The number of hydrogen-bond donors (Lipinski definition) is 1. The van der Waals surface area contributed by atoms with Gasteiger partial charge in [0.1, 0.15) is 5.82 Å². The molecule has 1 heterocycles. The number of halogens is 1. The Labute approximate surface area is 91.1 Å². The minimum absolute atomic E-state index is 0.00583. The van der Waals surface area contributed by atoms with Crippen molar-refractivity contribution in [1.82, 2.24) is 4.98 Å². The normalized spacial score (nSPS) is 10.2. The van der Waals surface area contributed by atoms with Gasteiger partial charge in [-0.25, -0.2) is 4.98 Å². The molecule has 4 heteroatoms. The van der Waals surface area contributed by atoms with E-state index in [4.69, 9.17) is 0 Å². The molecule has 0 atom stereocenters. The quantitative estimate of drug-likeness (QED) is 0.849. The molecule has 0 unspecified atom stereocenters. The van der Waals surface area contributed by atoms with E-state index in [0.717, 1.165) is 3.57 Å². The fourth-order valence-electron chi connectivity index (χ4n) is 0.720. The summed E-state index contributed by atoms with van der Waals surface area (Å²) in [4.78, 5) is 15.3. The second-order valence-electron chi connectivity index (χ2n) is 3.01. The number of hydrogen-bond acceptors (Lipinski definition) is 2. The van der Waals surface area contributed by atoms with Crippen molar-refractivity contribution >= 4 is 34.3 Å². The Hall–Kier alpha value is -0.650. The maximum absolute atomic E-state index is 11.2. The van der Waals surface area contributed by atoms with Gasteiger partial charge in [-0.2, -0.15) is 0 Å². The summed E-state index contributed by atoms with van der Waals surface area (Å²) < 4.78 is 1.06. The largest absolute Gasteiger partial charge is 0.310 e. The highest BCUT2D eigenvalue weighted by molar-refractivity contribution is 14.1. The van der Waals surface area contributed by atoms with E-state index in [1.165, 1.54) is 0 Å². The molecule has 70 valence electrons. The Kier molecular flexibility index (Phi) is 3.65. The minimum Gasteiger partial charge on any atom is -0.310 e. The zero-order valence-electron chi connectivity index (χ0n) is 7.54. The Morgan fingerprint density at radius 2 is 2.23 bits per heavy atom. The lowest BCUT2D eigenvalue weighted by Gasteiger charge is -2.05. The maximum atomic E-state index is 11.2. The number of pyridine rings is 1. The topological polar surface area (TPSA) is 42.0 Å². The number of nitrogens with one attached hydrogen (secondary N) is 1. The molecule has 1 rings (SSSR count). The van der Waals surface area contributed by atoms with Gasteiger partial charge in [0.15, 0.2) is 0 Å². The predicted molar refractivity (Wildman–Crippen MR) is 60.4 cm³/mol. The molecular formula is C9H11IN2O. The van der Waals surface area contributed by atoms with Crippen LogP contribution in [0.2, 0.25) is 0 Å². The lowest BCUT2D eigenvalue weighted by molar-refractivity contribution is -0.118. The first-order valence-corrected chi connectivity index (χ1v) is 5.10. The van der Waals surface area contributed by atoms with Crippen molar-refractivity contribution in [3.05, 3.63) is 21.9 Å². The molecule has 0 aliphatic heterocycles. The average molecular weight is 290 g/mol. The number of rotatable bonds is 2. The van der Waals surface area contributed by atoms with Gasteiger partial charge in [0, 0.05) is 15.7 Å². The number of amides is 1. The molecule has 0 fully saturated rings. The summed E-state index contributed by atoms with van der Waals surface area (Å²) in [6.07, 6.45) is 1.72. The van der Waals surface area contributed by atoms with Crippen molar-refractivity contribution in [2.24, 2.45) is 5.92 Å². The van der Waals surface area contributed by atoms with E-state index in [-0.39, 0.29) is 11.8 Å². The summed E-state index contributed by atoms with van der Waals surface area (Å²) in [6.45, 7) is 3.70. The average Bonchev–Trinajstić information content (AvgIpc) is 2.08. The van der Waals surface area contributed by atoms with Crippen LogP contribution in [0, 0.1) is 9.49 Å². The van der Waals surface area contributed by atoms with Crippen molar-refractivity contribution in [3.63, 3.8) is 0 Å². The third-order valence-corrected chi connectivity index (χ3v) is 2.14. The Morgan fingerprint density at radius 1 is 1.54 bits per heavy atom. The van der Waals surface area contributed by atoms with E-state index < -0.39 is 0 Å². The lowest BCUT2D eigenvalue weighted by Crippen LogP contribution is -2.18. The lowest BCUT2D eigenvalue weighted by atomic mass is 10.2. The summed E-state index contributed by atoms with van der Waals surface area (Å²) in [5.41, 5.74) is 0. The van der Waals surface area contributed by atoms with Crippen molar-refractivity contribution in [2.45, 2.75) is 13.8 Å². The fourth-order valence-corrected chi connectivity index (χ4v) is 1.04. The van der Waals surface area contributed by atoms with Crippen LogP contribution in [0.1, 0.15) is 13.8 Å². The van der Waals surface area contributed by atoms with Crippen LogP contribution >= 0.6 is 22.6 Å². The van der Waals surface area contributed by atoms with Crippen molar-refractivity contribution in [2.75, 3.05) is 5.32 Å². The molecule has 1 N–H and O–H groups in total. The van der Waals surface area contributed by atoms with Gasteiger partial charge < -0.3 is 5.32 Å². The molecule has 13 heavy (non-hydrogen) atoms.